The Morgan fingerprint density at radius 2 is 2.40 bits per heavy atom. The molecule has 0 aliphatic carbocycles. The number of hydrogen-bond acceptors (Lipinski definition) is 4. The van der Waals surface area contributed by atoms with Crippen molar-refractivity contribution in [2.75, 3.05) is 33.4 Å². The molecule has 2 rings (SSSR count). The number of likely N-dealkylation sites (tertiary alicyclic amines) is 1. The van der Waals surface area contributed by atoms with Gasteiger partial charge in [-0.1, -0.05) is 12.1 Å². The van der Waals surface area contributed by atoms with E-state index >= 15 is 0 Å². The molecule has 0 bridgehead atoms. The average molecular weight is 273 g/mol. The van der Waals surface area contributed by atoms with Gasteiger partial charge in [-0.3, -0.25) is 4.90 Å². The summed E-state index contributed by atoms with van der Waals surface area (Å²) < 4.78 is 5.16. The van der Waals surface area contributed by atoms with Gasteiger partial charge in [0.2, 0.25) is 0 Å². The highest BCUT2D eigenvalue weighted by molar-refractivity contribution is 5.32. The largest absolute Gasteiger partial charge is 0.383 e. The van der Waals surface area contributed by atoms with E-state index in [2.05, 4.69) is 22.4 Å². The van der Waals surface area contributed by atoms with Gasteiger partial charge in [0.1, 0.15) is 0 Å². The first kappa shape index (κ1) is 15.0. The maximum absolute atomic E-state index is 8.89. The molecule has 1 atom stereocenters. The molecule has 1 N–H and O–H groups in total. The lowest BCUT2D eigenvalue weighted by molar-refractivity contribution is 0.140. The summed E-state index contributed by atoms with van der Waals surface area (Å²) in [5, 5.41) is 12.4. The number of methoxy groups -OCH3 is 1. The van der Waals surface area contributed by atoms with E-state index in [4.69, 9.17) is 10.00 Å². The highest BCUT2D eigenvalue weighted by Crippen LogP contribution is 2.16. The van der Waals surface area contributed by atoms with E-state index in [1.165, 1.54) is 24.9 Å². The molecule has 0 saturated carbocycles. The van der Waals surface area contributed by atoms with E-state index in [1.807, 2.05) is 18.2 Å². The molecule has 1 aromatic rings. The maximum Gasteiger partial charge on any atom is 0.0991 e. The molecule has 0 aromatic heterocycles. The number of nitrogens with zero attached hydrogens (tertiary/aromatic N) is 2. The van der Waals surface area contributed by atoms with Crippen LogP contribution in [0.15, 0.2) is 24.3 Å². The van der Waals surface area contributed by atoms with Crippen molar-refractivity contribution in [2.45, 2.75) is 25.4 Å². The van der Waals surface area contributed by atoms with Gasteiger partial charge in [0.25, 0.3) is 0 Å². The fraction of sp³-hybridized carbons (Fsp3) is 0.562. The van der Waals surface area contributed by atoms with E-state index in [1.54, 1.807) is 7.11 Å². The van der Waals surface area contributed by atoms with E-state index < -0.39 is 0 Å². The van der Waals surface area contributed by atoms with Crippen LogP contribution in [0.5, 0.6) is 0 Å². The van der Waals surface area contributed by atoms with E-state index in [0.29, 0.717) is 6.04 Å². The Hall–Kier alpha value is -1.41. The third-order valence-corrected chi connectivity index (χ3v) is 3.85. The van der Waals surface area contributed by atoms with Crippen molar-refractivity contribution in [1.29, 1.82) is 5.26 Å². The minimum atomic E-state index is 0.615. The van der Waals surface area contributed by atoms with Gasteiger partial charge < -0.3 is 10.1 Å². The first-order valence-corrected chi connectivity index (χ1v) is 7.26. The molecule has 108 valence electrons. The van der Waals surface area contributed by atoms with E-state index in [0.717, 1.165) is 31.8 Å². The summed E-state index contributed by atoms with van der Waals surface area (Å²) in [6, 6.07) is 10.6. The van der Waals surface area contributed by atoms with Crippen molar-refractivity contribution >= 4 is 0 Å². The molecule has 0 radical (unpaired) electrons. The minimum absolute atomic E-state index is 0.615. The molecular formula is C16H23N3O. The number of rotatable bonds is 7. The van der Waals surface area contributed by atoms with Crippen molar-refractivity contribution < 1.29 is 4.74 Å². The van der Waals surface area contributed by atoms with Crippen LogP contribution in [0.1, 0.15) is 24.0 Å². The number of ether oxygens (including phenoxy) is 1. The van der Waals surface area contributed by atoms with Gasteiger partial charge in [-0.15, -0.1) is 0 Å². The Morgan fingerprint density at radius 1 is 1.50 bits per heavy atom. The van der Waals surface area contributed by atoms with Crippen molar-refractivity contribution in [3.63, 3.8) is 0 Å². The molecule has 1 saturated heterocycles. The van der Waals surface area contributed by atoms with Gasteiger partial charge >= 0.3 is 0 Å². The molecule has 1 aliphatic heterocycles. The van der Waals surface area contributed by atoms with E-state index in [-0.39, 0.29) is 0 Å². The minimum Gasteiger partial charge on any atom is -0.383 e. The van der Waals surface area contributed by atoms with Crippen LogP contribution in [0.2, 0.25) is 0 Å². The van der Waals surface area contributed by atoms with Crippen LogP contribution >= 0.6 is 0 Å². The number of nitriles is 1. The van der Waals surface area contributed by atoms with Crippen LogP contribution < -0.4 is 5.32 Å². The standard InChI is InChI=1S/C16H23N3O/c1-20-9-8-19-7-3-6-16(19)13-18-12-15-5-2-4-14(10-15)11-17/h2,4-5,10,16,18H,3,6-9,12-13H2,1H3. The Labute approximate surface area is 121 Å². The van der Waals surface area contributed by atoms with Crippen LogP contribution in [-0.4, -0.2) is 44.3 Å². The molecule has 0 amide bonds. The van der Waals surface area contributed by atoms with Crippen molar-refractivity contribution in [2.24, 2.45) is 0 Å². The third kappa shape index (κ3) is 4.31. The van der Waals surface area contributed by atoms with Crippen LogP contribution in [-0.2, 0) is 11.3 Å². The molecule has 1 fully saturated rings. The van der Waals surface area contributed by atoms with Crippen molar-refractivity contribution in [3.05, 3.63) is 35.4 Å². The monoisotopic (exact) mass is 273 g/mol. The average Bonchev–Trinajstić information content (AvgIpc) is 2.93. The molecule has 1 heterocycles. The Balaban J connectivity index is 1.76. The quantitative estimate of drug-likeness (QED) is 0.822. The molecule has 20 heavy (non-hydrogen) atoms. The zero-order valence-corrected chi connectivity index (χ0v) is 12.1. The van der Waals surface area contributed by atoms with Gasteiger partial charge in [0.15, 0.2) is 0 Å². The maximum atomic E-state index is 8.89. The lowest BCUT2D eigenvalue weighted by Gasteiger charge is -2.24. The van der Waals surface area contributed by atoms with Crippen LogP contribution in [0, 0.1) is 11.3 Å². The Morgan fingerprint density at radius 3 is 3.20 bits per heavy atom. The van der Waals surface area contributed by atoms with Crippen LogP contribution in [0.3, 0.4) is 0 Å². The molecule has 0 spiro atoms. The second-order valence-electron chi connectivity index (χ2n) is 5.27. The highest BCUT2D eigenvalue weighted by Gasteiger charge is 2.23. The van der Waals surface area contributed by atoms with Gasteiger partial charge in [0.05, 0.1) is 18.2 Å². The van der Waals surface area contributed by atoms with Gasteiger partial charge in [-0.05, 0) is 37.1 Å². The Bertz CT molecular complexity index is 455. The lowest BCUT2D eigenvalue weighted by atomic mass is 10.1. The summed E-state index contributed by atoms with van der Waals surface area (Å²) in [6.07, 6.45) is 2.54. The molecule has 1 unspecified atom stereocenters. The third-order valence-electron chi connectivity index (χ3n) is 3.85. The van der Waals surface area contributed by atoms with Gasteiger partial charge in [-0.2, -0.15) is 5.26 Å². The molecule has 4 nitrogen and oxygen atoms in total. The smallest absolute Gasteiger partial charge is 0.0991 e. The summed E-state index contributed by atoms with van der Waals surface area (Å²) >= 11 is 0. The summed E-state index contributed by atoms with van der Waals surface area (Å²) in [7, 11) is 1.76. The van der Waals surface area contributed by atoms with Crippen molar-refractivity contribution in [3.8, 4) is 6.07 Å². The normalized spacial score (nSPS) is 19.1. The second kappa shape index (κ2) is 8.01. The first-order chi connectivity index (χ1) is 9.83. The summed E-state index contributed by atoms with van der Waals surface area (Å²) in [5.74, 6) is 0. The zero-order valence-electron chi connectivity index (χ0n) is 12.1. The topological polar surface area (TPSA) is 48.3 Å². The SMILES string of the molecule is COCCN1CCCC1CNCc1cccc(C#N)c1. The summed E-state index contributed by atoms with van der Waals surface area (Å²) in [6.45, 7) is 4.83. The second-order valence-corrected chi connectivity index (χ2v) is 5.27. The van der Waals surface area contributed by atoms with Gasteiger partial charge in [-0.25, -0.2) is 0 Å². The number of benzene rings is 1. The first-order valence-electron chi connectivity index (χ1n) is 7.26. The molecular weight excluding hydrogens is 250 g/mol. The fourth-order valence-corrected chi connectivity index (χ4v) is 2.76. The van der Waals surface area contributed by atoms with E-state index in [9.17, 15) is 0 Å². The lowest BCUT2D eigenvalue weighted by Crippen LogP contribution is -2.39. The molecule has 1 aromatic carbocycles. The predicted molar refractivity (Wildman–Crippen MR) is 79.3 cm³/mol. The summed E-state index contributed by atoms with van der Waals surface area (Å²) in [5.41, 5.74) is 1.90. The van der Waals surface area contributed by atoms with Crippen LogP contribution in [0.4, 0.5) is 0 Å². The number of hydrogen-bond donors (Lipinski definition) is 1. The summed E-state index contributed by atoms with van der Waals surface area (Å²) in [4.78, 5) is 2.50. The fourth-order valence-electron chi connectivity index (χ4n) is 2.76. The number of nitrogens with one attached hydrogen (secondary N) is 1. The molecule has 4 heteroatoms. The van der Waals surface area contributed by atoms with Gasteiger partial charge in [0, 0.05) is 32.8 Å². The van der Waals surface area contributed by atoms with Crippen LogP contribution in [0.25, 0.3) is 0 Å². The zero-order chi connectivity index (χ0) is 14.2. The molecule has 1 aliphatic rings. The predicted octanol–water partition coefficient (Wildman–Crippen LogP) is 1.76. The van der Waals surface area contributed by atoms with Crippen molar-refractivity contribution in [1.82, 2.24) is 10.2 Å². The highest BCUT2D eigenvalue weighted by atomic mass is 16.5. The Kier molecular flexibility index (Phi) is 6.00.